The Bertz CT molecular complexity index is 591. The Morgan fingerprint density at radius 3 is 2.75 bits per heavy atom. The Balaban J connectivity index is 2.20. The Kier molecular flexibility index (Phi) is 5.19. The van der Waals surface area contributed by atoms with Gasteiger partial charge in [-0.1, -0.05) is 0 Å². The van der Waals surface area contributed by atoms with Crippen LogP contribution >= 0.6 is 27.5 Å². The SMILES string of the molecule is CCOc1cc(CCl)cc(Br)c1OCc1nnn(C)n1. The zero-order valence-corrected chi connectivity index (χ0v) is 13.5. The van der Waals surface area contributed by atoms with Gasteiger partial charge in [0.1, 0.15) is 0 Å². The van der Waals surface area contributed by atoms with Crippen LogP contribution in [0.25, 0.3) is 0 Å². The molecule has 0 fully saturated rings. The smallest absolute Gasteiger partial charge is 0.212 e. The van der Waals surface area contributed by atoms with E-state index in [1.807, 2.05) is 19.1 Å². The Morgan fingerprint density at radius 2 is 2.15 bits per heavy atom. The number of hydrogen-bond donors (Lipinski definition) is 0. The van der Waals surface area contributed by atoms with E-state index >= 15 is 0 Å². The topological polar surface area (TPSA) is 62.1 Å². The van der Waals surface area contributed by atoms with E-state index in [0.717, 1.165) is 10.0 Å². The fourth-order valence-corrected chi connectivity index (χ4v) is 2.38. The summed E-state index contributed by atoms with van der Waals surface area (Å²) in [6.07, 6.45) is 0. The lowest BCUT2D eigenvalue weighted by atomic mass is 10.2. The van der Waals surface area contributed by atoms with E-state index in [9.17, 15) is 0 Å². The second-order valence-electron chi connectivity index (χ2n) is 3.96. The first kappa shape index (κ1) is 15.1. The quantitative estimate of drug-likeness (QED) is 0.740. The summed E-state index contributed by atoms with van der Waals surface area (Å²) in [7, 11) is 1.70. The number of halogens is 2. The standard InChI is InChI=1S/C12H14BrClN4O2/c1-3-19-10-5-8(6-14)4-9(13)12(10)20-7-11-15-17-18(2)16-11/h4-5H,3,6-7H2,1-2H3. The lowest BCUT2D eigenvalue weighted by Gasteiger charge is -2.14. The van der Waals surface area contributed by atoms with Gasteiger partial charge in [0.15, 0.2) is 18.1 Å². The fraction of sp³-hybridized carbons (Fsp3) is 0.417. The molecule has 6 nitrogen and oxygen atoms in total. The van der Waals surface area contributed by atoms with Gasteiger partial charge in [-0.25, -0.2) is 0 Å². The second kappa shape index (κ2) is 6.90. The highest BCUT2D eigenvalue weighted by molar-refractivity contribution is 9.10. The van der Waals surface area contributed by atoms with Crippen molar-refractivity contribution in [2.24, 2.45) is 7.05 Å². The minimum absolute atomic E-state index is 0.215. The molecule has 1 heterocycles. The molecule has 0 aliphatic carbocycles. The van der Waals surface area contributed by atoms with Crippen LogP contribution in [0.4, 0.5) is 0 Å². The summed E-state index contributed by atoms with van der Waals surface area (Å²) in [6.45, 7) is 2.67. The molecule has 2 rings (SSSR count). The molecule has 108 valence electrons. The van der Waals surface area contributed by atoms with Crippen LogP contribution in [0, 0.1) is 0 Å². The van der Waals surface area contributed by atoms with Crippen LogP contribution in [-0.2, 0) is 19.5 Å². The van der Waals surface area contributed by atoms with Crippen molar-refractivity contribution >= 4 is 27.5 Å². The van der Waals surface area contributed by atoms with Crippen molar-refractivity contribution in [3.05, 3.63) is 28.0 Å². The zero-order valence-electron chi connectivity index (χ0n) is 11.1. The molecule has 0 radical (unpaired) electrons. The molecule has 0 saturated heterocycles. The van der Waals surface area contributed by atoms with Gasteiger partial charge in [0.05, 0.1) is 18.1 Å². The molecule has 0 spiro atoms. The van der Waals surface area contributed by atoms with Crippen molar-refractivity contribution < 1.29 is 9.47 Å². The van der Waals surface area contributed by atoms with E-state index < -0.39 is 0 Å². The van der Waals surface area contributed by atoms with E-state index in [1.54, 1.807) is 7.05 Å². The van der Waals surface area contributed by atoms with Crippen molar-refractivity contribution in [1.29, 1.82) is 0 Å². The summed E-state index contributed by atoms with van der Waals surface area (Å²) < 4.78 is 12.1. The summed E-state index contributed by atoms with van der Waals surface area (Å²) in [4.78, 5) is 1.38. The Labute approximate surface area is 130 Å². The average Bonchev–Trinajstić information content (AvgIpc) is 2.83. The number of ether oxygens (including phenoxy) is 2. The van der Waals surface area contributed by atoms with Crippen LogP contribution < -0.4 is 9.47 Å². The predicted octanol–water partition coefficient (Wildman–Crippen LogP) is 2.69. The minimum Gasteiger partial charge on any atom is -0.490 e. The molecular formula is C12H14BrClN4O2. The van der Waals surface area contributed by atoms with Crippen molar-refractivity contribution in [1.82, 2.24) is 20.2 Å². The van der Waals surface area contributed by atoms with E-state index in [4.69, 9.17) is 21.1 Å². The summed E-state index contributed by atoms with van der Waals surface area (Å²) in [5.74, 6) is 2.16. The van der Waals surface area contributed by atoms with Gasteiger partial charge >= 0.3 is 0 Å². The monoisotopic (exact) mass is 360 g/mol. The first-order valence-electron chi connectivity index (χ1n) is 6.01. The van der Waals surface area contributed by atoms with Gasteiger partial charge in [-0.05, 0) is 45.8 Å². The third-order valence-electron chi connectivity index (χ3n) is 2.42. The van der Waals surface area contributed by atoms with Crippen molar-refractivity contribution in [3.63, 3.8) is 0 Å². The molecule has 1 aromatic carbocycles. The predicted molar refractivity (Wildman–Crippen MR) is 78.0 cm³/mol. The zero-order chi connectivity index (χ0) is 14.5. The third-order valence-corrected chi connectivity index (χ3v) is 3.32. The highest BCUT2D eigenvalue weighted by Crippen LogP contribution is 2.37. The number of aryl methyl sites for hydroxylation is 1. The van der Waals surface area contributed by atoms with Gasteiger partial charge in [-0.15, -0.1) is 21.8 Å². The van der Waals surface area contributed by atoms with Crippen LogP contribution in [0.5, 0.6) is 11.5 Å². The summed E-state index contributed by atoms with van der Waals surface area (Å²) in [5.41, 5.74) is 0.951. The number of alkyl halides is 1. The van der Waals surface area contributed by atoms with Crippen LogP contribution in [0.15, 0.2) is 16.6 Å². The molecule has 0 atom stereocenters. The maximum absolute atomic E-state index is 5.85. The lowest BCUT2D eigenvalue weighted by molar-refractivity contribution is 0.261. The van der Waals surface area contributed by atoms with Gasteiger partial charge in [0.25, 0.3) is 0 Å². The maximum atomic E-state index is 5.85. The number of rotatable bonds is 6. The maximum Gasteiger partial charge on any atom is 0.212 e. The number of nitrogens with zero attached hydrogens (tertiary/aromatic N) is 4. The number of hydrogen-bond acceptors (Lipinski definition) is 5. The molecule has 1 aromatic heterocycles. The highest BCUT2D eigenvalue weighted by Gasteiger charge is 2.13. The highest BCUT2D eigenvalue weighted by atomic mass is 79.9. The summed E-state index contributed by atoms with van der Waals surface area (Å²) >= 11 is 9.31. The lowest BCUT2D eigenvalue weighted by Crippen LogP contribution is -2.03. The first-order valence-corrected chi connectivity index (χ1v) is 7.33. The molecule has 0 unspecified atom stereocenters. The third kappa shape index (κ3) is 3.61. The minimum atomic E-state index is 0.215. The van der Waals surface area contributed by atoms with Crippen LogP contribution in [0.3, 0.4) is 0 Å². The van der Waals surface area contributed by atoms with Gasteiger partial charge in [0.2, 0.25) is 5.82 Å². The van der Waals surface area contributed by atoms with Crippen molar-refractivity contribution in [2.75, 3.05) is 6.61 Å². The van der Waals surface area contributed by atoms with Crippen LogP contribution in [-0.4, -0.2) is 26.8 Å². The first-order chi connectivity index (χ1) is 9.63. The van der Waals surface area contributed by atoms with E-state index in [2.05, 4.69) is 31.3 Å². The van der Waals surface area contributed by atoms with Crippen LogP contribution in [0.2, 0.25) is 0 Å². The molecule has 0 bridgehead atoms. The van der Waals surface area contributed by atoms with E-state index in [1.165, 1.54) is 4.80 Å². The Hall–Kier alpha value is -1.34. The second-order valence-corrected chi connectivity index (χ2v) is 5.08. The molecule has 2 aromatic rings. The molecule has 0 aliphatic heterocycles. The number of tetrazole rings is 1. The average molecular weight is 362 g/mol. The molecule has 0 saturated carbocycles. The normalized spacial score (nSPS) is 10.6. The molecule has 0 N–H and O–H groups in total. The fourth-order valence-electron chi connectivity index (χ4n) is 1.62. The van der Waals surface area contributed by atoms with E-state index in [-0.39, 0.29) is 6.61 Å². The van der Waals surface area contributed by atoms with E-state index in [0.29, 0.717) is 29.8 Å². The molecule has 0 amide bonds. The Morgan fingerprint density at radius 1 is 1.35 bits per heavy atom. The van der Waals surface area contributed by atoms with Crippen molar-refractivity contribution in [3.8, 4) is 11.5 Å². The van der Waals surface area contributed by atoms with Gasteiger partial charge in [-0.3, -0.25) is 0 Å². The molecule has 0 aliphatic rings. The summed E-state index contributed by atoms with van der Waals surface area (Å²) in [5, 5.41) is 11.7. The number of aromatic nitrogens is 4. The largest absolute Gasteiger partial charge is 0.490 e. The molecule has 8 heteroatoms. The molecule has 20 heavy (non-hydrogen) atoms. The van der Waals surface area contributed by atoms with Crippen molar-refractivity contribution in [2.45, 2.75) is 19.4 Å². The van der Waals surface area contributed by atoms with Gasteiger partial charge in [-0.2, -0.15) is 4.80 Å². The summed E-state index contributed by atoms with van der Waals surface area (Å²) in [6, 6.07) is 3.76. The number of benzene rings is 1. The van der Waals surface area contributed by atoms with Gasteiger partial charge in [0, 0.05) is 5.88 Å². The van der Waals surface area contributed by atoms with Crippen LogP contribution in [0.1, 0.15) is 18.3 Å². The van der Waals surface area contributed by atoms with Gasteiger partial charge < -0.3 is 9.47 Å². The molecular weight excluding hydrogens is 348 g/mol.